The van der Waals surface area contributed by atoms with Gasteiger partial charge in [0, 0.05) is 25.9 Å². The highest BCUT2D eigenvalue weighted by Gasteiger charge is 2.53. The molecule has 3 atom stereocenters. The molecule has 3 rings (SSSR count). The highest BCUT2D eigenvalue weighted by atomic mass is 19.4. The maximum Gasteiger partial charge on any atom is 0.428 e. The Labute approximate surface area is 163 Å². The number of amides is 2. The second-order valence-corrected chi connectivity index (χ2v) is 6.97. The number of aliphatic imine (C=N–C) groups is 2. The van der Waals surface area contributed by atoms with E-state index in [1.807, 2.05) is 0 Å². The van der Waals surface area contributed by atoms with Crippen molar-refractivity contribution in [3.8, 4) is 0 Å². The zero-order valence-corrected chi connectivity index (χ0v) is 15.8. The first-order chi connectivity index (χ1) is 13.4. The van der Waals surface area contributed by atoms with Gasteiger partial charge < -0.3 is 15.8 Å². The van der Waals surface area contributed by atoms with Crippen LogP contribution in [0.2, 0.25) is 0 Å². The summed E-state index contributed by atoms with van der Waals surface area (Å²) in [5.41, 5.74) is 5.21. The van der Waals surface area contributed by atoms with Crippen LogP contribution in [-0.4, -0.2) is 58.9 Å². The maximum atomic E-state index is 13.1. The topological polar surface area (TPSA) is 122 Å². The average Bonchev–Trinajstić information content (AvgIpc) is 3.02. The van der Waals surface area contributed by atoms with Crippen molar-refractivity contribution >= 4 is 29.4 Å². The molecule has 2 aliphatic heterocycles. The molecule has 9 nitrogen and oxygen atoms in total. The SMILES string of the molecule is CC1=NC(C(=O)Nc2ccnc(C3(C)CC(=O)N(C)C(N)=N3)c2)C(C(F)(F)F)O1. The fourth-order valence-corrected chi connectivity index (χ4v) is 3.06. The zero-order valence-electron chi connectivity index (χ0n) is 15.8. The number of nitrogens with zero attached hydrogens (tertiary/aromatic N) is 4. The Morgan fingerprint density at radius 2 is 2.14 bits per heavy atom. The summed E-state index contributed by atoms with van der Waals surface area (Å²) in [5, 5.41) is 2.39. The van der Waals surface area contributed by atoms with Crippen molar-refractivity contribution in [1.82, 2.24) is 9.88 Å². The number of carbonyl (C=O) groups excluding carboxylic acids is 2. The summed E-state index contributed by atoms with van der Waals surface area (Å²) >= 11 is 0. The van der Waals surface area contributed by atoms with Gasteiger partial charge >= 0.3 is 6.18 Å². The molecule has 12 heteroatoms. The third-order valence-corrected chi connectivity index (χ3v) is 4.65. The predicted molar refractivity (Wildman–Crippen MR) is 97.1 cm³/mol. The first kappa shape index (κ1) is 20.6. The Kier molecular flexibility index (Phi) is 4.97. The molecule has 3 heterocycles. The van der Waals surface area contributed by atoms with E-state index in [1.54, 1.807) is 6.92 Å². The molecule has 1 aromatic heterocycles. The summed E-state index contributed by atoms with van der Waals surface area (Å²) in [7, 11) is 1.49. The number of nitrogens with one attached hydrogen (secondary N) is 1. The summed E-state index contributed by atoms with van der Waals surface area (Å²) in [5.74, 6) is -1.45. The number of hydrogen-bond acceptors (Lipinski definition) is 7. The summed E-state index contributed by atoms with van der Waals surface area (Å²) < 4.78 is 43.9. The molecule has 3 unspecified atom stereocenters. The molecule has 0 fully saturated rings. The predicted octanol–water partition coefficient (Wildman–Crippen LogP) is 1.16. The Morgan fingerprint density at radius 3 is 2.76 bits per heavy atom. The van der Waals surface area contributed by atoms with E-state index in [0.717, 1.165) is 0 Å². The lowest BCUT2D eigenvalue weighted by atomic mass is 9.91. The molecule has 0 radical (unpaired) electrons. The number of ether oxygens (including phenoxy) is 1. The van der Waals surface area contributed by atoms with Crippen LogP contribution in [0.3, 0.4) is 0 Å². The second-order valence-electron chi connectivity index (χ2n) is 6.97. The van der Waals surface area contributed by atoms with Gasteiger partial charge in [-0.1, -0.05) is 0 Å². The number of anilines is 1. The standard InChI is InChI=1S/C17H19F3N6O3/c1-8-23-12(13(29-8)17(18,19)20)14(28)24-9-4-5-22-10(6-9)16(2)7-11(27)26(3)15(21)25-16/h4-6,12-13H,7H2,1-3H3,(H2,21,25)(H,22,24,28). The van der Waals surface area contributed by atoms with Gasteiger partial charge in [-0.05, 0) is 19.1 Å². The second kappa shape index (κ2) is 7.01. The number of alkyl halides is 3. The van der Waals surface area contributed by atoms with Crippen LogP contribution in [0.1, 0.15) is 26.0 Å². The van der Waals surface area contributed by atoms with Gasteiger partial charge in [0.2, 0.25) is 12.0 Å². The molecule has 2 aliphatic rings. The number of nitrogens with two attached hydrogens (primary N) is 1. The Bertz CT molecular complexity index is 916. The van der Waals surface area contributed by atoms with Gasteiger partial charge in [0.1, 0.15) is 5.54 Å². The number of halogens is 3. The van der Waals surface area contributed by atoms with E-state index in [-0.39, 0.29) is 29.9 Å². The van der Waals surface area contributed by atoms with E-state index in [2.05, 4.69) is 25.0 Å². The monoisotopic (exact) mass is 412 g/mol. The van der Waals surface area contributed by atoms with Crippen molar-refractivity contribution in [3.63, 3.8) is 0 Å². The molecule has 29 heavy (non-hydrogen) atoms. The first-order valence-corrected chi connectivity index (χ1v) is 8.58. The minimum absolute atomic E-state index is 0.00923. The minimum Gasteiger partial charge on any atom is -0.466 e. The Balaban J connectivity index is 1.84. The van der Waals surface area contributed by atoms with Crippen LogP contribution in [-0.2, 0) is 19.9 Å². The van der Waals surface area contributed by atoms with Crippen LogP contribution in [0, 0.1) is 0 Å². The number of hydrogen-bond donors (Lipinski definition) is 2. The van der Waals surface area contributed by atoms with E-state index in [1.165, 1.54) is 37.2 Å². The summed E-state index contributed by atoms with van der Waals surface area (Å²) in [4.78, 5) is 37.9. The number of guanidine groups is 1. The quantitative estimate of drug-likeness (QED) is 0.772. The van der Waals surface area contributed by atoms with Crippen LogP contribution in [0.15, 0.2) is 28.3 Å². The van der Waals surface area contributed by atoms with Crippen LogP contribution in [0.25, 0.3) is 0 Å². The van der Waals surface area contributed by atoms with Gasteiger partial charge in [0.05, 0.1) is 12.1 Å². The molecule has 2 amide bonds. The van der Waals surface area contributed by atoms with E-state index < -0.39 is 29.8 Å². The largest absolute Gasteiger partial charge is 0.466 e. The zero-order chi connectivity index (χ0) is 21.6. The third kappa shape index (κ3) is 4.00. The first-order valence-electron chi connectivity index (χ1n) is 8.58. The van der Waals surface area contributed by atoms with Gasteiger partial charge in [-0.25, -0.2) is 9.98 Å². The molecule has 0 bridgehead atoms. The lowest BCUT2D eigenvalue weighted by molar-refractivity contribution is -0.199. The van der Waals surface area contributed by atoms with Gasteiger partial charge in [-0.2, -0.15) is 13.2 Å². The molecule has 0 spiro atoms. The van der Waals surface area contributed by atoms with Crippen molar-refractivity contribution in [1.29, 1.82) is 0 Å². The fourth-order valence-electron chi connectivity index (χ4n) is 3.06. The molecule has 0 saturated heterocycles. The molecule has 1 aromatic rings. The fraction of sp³-hybridized carbons (Fsp3) is 0.471. The van der Waals surface area contributed by atoms with E-state index >= 15 is 0 Å². The average molecular weight is 412 g/mol. The van der Waals surface area contributed by atoms with Gasteiger partial charge in [-0.3, -0.25) is 19.5 Å². The molecule has 0 aromatic carbocycles. The molecule has 0 aliphatic carbocycles. The molecular formula is C17H19F3N6O3. The highest BCUT2D eigenvalue weighted by molar-refractivity contribution is 5.99. The minimum atomic E-state index is -4.75. The lowest BCUT2D eigenvalue weighted by Crippen LogP contribution is -2.47. The maximum absolute atomic E-state index is 13.1. The van der Waals surface area contributed by atoms with Gasteiger partial charge in [-0.15, -0.1) is 0 Å². The van der Waals surface area contributed by atoms with Crippen molar-refractivity contribution in [2.24, 2.45) is 15.7 Å². The van der Waals surface area contributed by atoms with Crippen molar-refractivity contribution < 1.29 is 27.5 Å². The van der Waals surface area contributed by atoms with Crippen molar-refractivity contribution in [3.05, 3.63) is 24.0 Å². The Hall–Kier alpha value is -3.18. The van der Waals surface area contributed by atoms with Crippen LogP contribution in [0.4, 0.5) is 18.9 Å². The highest BCUT2D eigenvalue weighted by Crippen LogP contribution is 2.34. The van der Waals surface area contributed by atoms with Crippen LogP contribution >= 0.6 is 0 Å². The van der Waals surface area contributed by atoms with Crippen molar-refractivity contribution in [2.75, 3.05) is 12.4 Å². The smallest absolute Gasteiger partial charge is 0.428 e. The molecule has 3 N–H and O–H groups in total. The number of rotatable bonds is 3. The molecular weight excluding hydrogens is 393 g/mol. The van der Waals surface area contributed by atoms with E-state index in [9.17, 15) is 22.8 Å². The normalized spacial score (nSPS) is 27.2. The van der Waals surface area contributed by atoms with E-state index in [0.29, 0.717) is 5.69 Å². The number of aromatic nitrogens is 1. The summed E-state index contributed by atoms with van der Waals surface area (Å²) in [6.07, 6.45) is -5.76. The van der Waals surface area contributed by atoms with Crippen molar-refractivity contribution in [2.45, 2.75) is 44.1 Å². The van der Waals surface area contributed by atoms with Crippen LogP contribution < -0.4 is 11.1 Å². The number of carbonyl (C=O) groups is 2. The van der Waals surface area contributed by atoms with Crippen LogP contribution in [0.5, 0.6) is 0 Å². The third-order valence-electron chi connectivity index (χ3n) is 4.65. The Morgan fingerprint density at radius 1 is 1.45 bits per heavy atom. The number of pyridine rings is 1. The summed E-state index contributed by atoms with van der Waals surface area (Å²) in [6.45, 7) is 2.90. The lowest BCUT2D eigenvalue weighted by Gasteiger charge is -2.32. The van der Waals surface area contributed by atoms with Gasteiger partial charge in [0.15, 0.2) is 17.9 Å². The molecule has 156 valence electrons. The van der Waals surface area contributed by atoms with Gasteiger partial charge in [0.25, 0.3) is 5.91 Å². The van der Waals surface area contributed by atoms with E-state index in [4.69, 9.17) is 5.73 Å². The summed E-state index contributed by atoms with van der Waals surface area (Å²) in [6, 6.07) is 1.08. The molecule has 0 saturated carbocycles.